The minimum absolute atomic E-state index is 0.687. The summed E-state index contributed by atoms with van der Waals surface area (Å²) in [4.78, 5) is 4.14. The molecule has 4 heteroatoms. The van der Waals surface area contributed by atoms with Crippen molar-refractivity contribution in [1.82, 2.24) is 4.98 Å². The molecule has 0 fully saturated rings. The Balaban J connectivity index is 2.12. The van der Waals surface area contributed by atoms with Crippen LogP contribution in [0, 0.1) is 0 Å². The van der Waals surface area contributed by atoms with Crippen LogP contribution in [-0.2, 0) is 4.74 Å². The lowest BCUT2D eigenvalue weighted by molar-refractivity contribution is 0.134. The minimum atomic E-state index is 0.687. The molecule has 0 aliphatic rings. The first-order valence-electron chi connectivity index (χ1n) is 5.36. The fourth-order valence-electron chi connectivity index (χ4n) is 1.19. The van der Waals surface area contributed by atoms with Crippen molar-refractivity contribution in [1.29, 1.82) is 0 Å². The topological polar surface area (TPSA) is 60.2 Å². The van der Waals surface area contributed by atoms with Gasteiger partial charge in [0.05, 0.1) is 5.69 Å². The van der Waals surface area contributed by atoms with E-state index in [1.165, 1.54) is 0 Å². The Morgan fingerprint density at radius 2 is 2.33 bits per heavy atom. The summed E-state index contributed by atoms with van der Waals surface area (Å²) in [6.07, 6.45) is 3.77. The Morgan fingerprint density at radius 1 is 1.47 bits per heavy atom. The SMILES string of the molecule is CCCOCCCNc1ncccc1N. The van der Waals surface area contributed by atoms with Gasteiger partial charge < -0.3 is 15.8 Å². The van der Waals surface area contributed by atoms with E-state index in [0.29, 0.717) is 5.69 Å². The third kappa shape index (κ3) is 4.65. The summed E-state index contributed by atoms with van der Waals surface area (Å²) in [5.41, 5.74) is 6.41. The van der Waals surface area contributed by atoms with Gasteiger partial charge in [0, 0.05) is 26.0 Å². The second kappa shape index (κ2) is 7.06. The van der Waals surface area contributed by atoms with E-state index in [-0.39, 0.29) is 0 Å². The number of pyridine rings is 1. The molecule has 0 bridgehead atoms. The highest BCUT2D eigenvalue weighted by molar-refractivity contribution is 5.60. The Labute approximate surface area is 90.8 Å². The van der Waals surface area contributed by atoms with Crippen LogP contribution in [0.2, 0.25) is 0 Å². The number of nitrogen functional groups attached to an aromatic ring is 1. The van der Waals surface area contributed by atoms with E-state index in [0.717, 1.165) is 38.4 Å². The standard InChI is InChI=1S/C11H19N3O/c1-2-8-15-9-4-7-14-11-10(12)5-3-6-13-11/h3,5-6H,2,4,7-9,12H2,1H3,(H,13,14). The molecular weight excluding hydrogens is 190 g/mol. The van der Waals surface area contributed by atoms with Crippen LogP contribution in [0.15, 0.2) is 18.3 Å². The molecule has 0 aliphatic heterocycles. The van der Waals surface area contributed by atoms with E-state index in [1.54, 1.807) is 6.20 Å². The maximum atomic E-state index is 5.73. The molecule has 1 aromatic heterocycles. The number of ether oxygens (including phenoxy) is 1. The number of hydrogen-bond acceptors (Lipinski definition) is 4. The Hall–Kier alpha value is -1.29. The van der Waals surface area contributed by atoms with Gasteiger partial charge in [0.15, 0.2) is 0 Å². The Kier molecular flexibility index (Phi) is 5.55. The highest BCUT2D eigenvalue weighted by Crippen LogP contribution is 2.12. The van der Waals surface area contributed by atoms with Crippen LogP contribution in [0.1, 0.15) is 19.8 Å². The molecule has 0 aliphatic carbocycles. The molecule has 15 heavy (non-hydrogen) atoms. The zero-order valence-electron chi connectivity index (χ0n) is 9.20. The fraction of sp³-hybridized carbons (Fsp3) is 0.545. The Bertz CT molecular complexity index is 278. The zero-order chi connectivity index (χ0) is 10.9. The number of hydrogen-bond donors (Lipinski definition) is 2. The highest BCUT2D eigenvalue weighted by atomic mass is 16.5. The third-order valence-electron chi connectivity index (χ3n) is 1.95. The second-order valence-corrected chi connectivity index (χ2v) is 3.33. The van der Waals surface area contributed by atoms with E-state index in [1.807, 2.05) is 12.1 Å². The molecule has 0 atom stereocenters. The lowest BCUT2D eigenvalue weighted by atomic mass is 10.4. The maximum absolute atomic E-state index is 5.73. The molecule has 1 rings (SSSR count). The minimum Gasteiger partial charge on any atom is -0.396 e. The Morgan fingerprint density at radius 3 is 3.07 bits per heavy atom. The number of nitrogens with one attached hydrogen (secondary N) is 1. The van der Waals surface area contributed by atoms with Crippen molar-refractivity contribution in [3.63, 3.8) is 0 Å². The summed E-state index contributed by atoms with van der Waals surface area (Å²) in [5, 5.41) is 3.17. The summed E-state index contributed by atoms with van der Waals surface area (Å²) < 4.78 is 5.36. The first-order valence-corrected chi connectivity index (χ1v) is 5.36. The van der Waals surface area contributed by atoms with Gasteiger partial charge in [-0.1, -0.05) is 6.92 Å². The van der Waals surface area contributed by atoms with Gasteiger partial charge in [-0.25, -0.2) is 4.98 Å². The van der Waals surface area contributed by atoms with E-state index in [4.69, 9.17) is 10.5 Å². The van der Waals surface area contributed by atoms with E-state index < -0.39 is 0 Å². The average molecular weight is 209 g/mol. The number of rotatable bonds is 7. The van der Waals surface area contributed by atoms with Gasteiger partial charge in [-0.05, 0) is 25.0 Å². The summed E-state index contributed by atoms with van der Waals surface area (Å²) in [5.74, 6) is 0.757. The normalized spacial score (nSPS) is 10.2. The van der Waals surface area contributed by atoms with Crippen LogP contribution in [0.3, 0.4) is 0 Å². The van der Waals surface area contributed by atoms with Gasteiger partial charge in [-0.15, -0.1) is 0 Å². The van der Waals surface area contributed by atoms with Gasteiger partial charge in [0.25, 0.3) is 0 Å². The van der Waals surface area contributed by atoms with Crippen molar-refractivity contribution in [2.24, 2.45) is 0 Å². The van der Waals surface area contributed by atoms with Crippen molar-refractivity contribution >= 4 is 11.5 Å². The molecule has 0 saturated heterocycles. The summed E-state index contributed by atoms with van der Waals surface area (Å²) >= 11 is 0. The first-order chi connectivity index (χ1) is 7.34. The lowest BCUT2D eigenvalue weighted by Crippen LogP contribution is -2.08. The first kappa shape index (κ1) is 11.8. The quantitative estimate of drug-likeness (QED) is 0.673. The van der Waals surface area contributed by atoms with Crippen molar-refractivity contribution in [3.05, 3.63) is 18.3 Å². The number of aromatic nitrogens is 1. The lowest BCUT2D eigenvalue weighted by Gasteiger charge is -2.07. The summed E-state index contributed by atoms with van der Waals surface area (Å²) in [6, 6.07) is 3.66. The molecule has 0 unspecified atom stereocenters. The molecule has 1 heterocycles. The number of anilines is 2. The summed E-state index contributed by atoms with van der Waals surface area (Å²) in [7, 11) is 0. The van der Waals surface area contributed by atoms with Gasteiger partial charge in [0.2, 0.25) is 0 Å². The van der Waals surface area contributed by atoms with Gasteiger partial charge >= 0.3 is 0 Å². The van der Waals surface area contributed by atoms with E-state index in [2.05, 4.69) is 17.2 Å². The van der Waals surface area contributed by atoms with Crippen LogP contribution in [0.4, 0.5) is 11.5 Å². The van der Waals surface area contributed by atoms with Crippen LogP contribution in [0.25, 0.3) is 0 Å². The molecule has 84 valence electrons. The highest BCUT2D eigenvalue weighted by Gasteiger charge is 1.96. The predicted molar refractivity (Wildman–Crippen MR) is 62.9 cm³/mol. The van der Waals surface area contributed by atoms with Crippen LogP contribution >= 0.6 is 0 Å². The molecule has 4 nitrogen and oxygen atoms in total. The van der Waals surface area contributed by atoms with Gasteiger partial charge in [-0.2, -0.15) is 0 Å². The molecule has 0 radical (unpaired) electrons. The maximum Gasteiger partial charge on any atom is 0.149 e. The monoisotopic (exact) mass is 209 g/mol. The van der Waals surface area contributed by atoms with Gasteiger partial charge in [-0.3, -0.25) is 0 Å². The second-order valence-electron chi connectivity index (χ2n) is 3.33. The molecule has 0 amide bonds. The number of nitrogens with two attached hydrogens (primary N) is 1. The predicted octanol–water partition coefficient (Wildman–Crippen LogP) is 1.89. The smallest absolute Gasteiger partial charge is 0.149 e. The van der Waals surface area contributed by atoms with Crippen LogP contribution in [0.5, 0.6) is 0 Å². The molecule has 0 spiro atoms. The summed E-state index contributed by atoms with van der Waals surface area (Å²) in [6.45, 7) is 4.57. The molecular formula is C11H19N3O. The average Bonchev–Trinajstić information content (AvgIpc) is 2.25. The fourth-order valence-corrected chi connectivity index (χ4v) is 1.19. The van der Waals surface area contributed by atoms with E-state index >= 15 is 0 Å². The van der Waals surface area contributed by atoms with Crippen LogP contribution in [-0.4, -0.2) is 24.7 Å². The van der Waals surface area contributed by atoms with Gasteiger partial charge in [0.1, 0.15) is 5.82 Å². The molecule has 0 saturated carbocycles. The largest absolute Gasteiger partial charge is 0.396 e. The molecule has 0 aromatic carbocycles. The molecule has 3 N–H and O–H groups in total. The number of nitrogens with zero attached hydrogens (tertiary/aromatic N) is 1. The van der Waals surface area contributed by atoms with Crippen molar-refractivity contribution < 1.29 is 4.74 Å². The van der Waals surface area contributed by atoms with Crippen LogP contribution < -0.4 is 11.1 Å². The van der Waals surface area contributed by atoms with E-state index in [9.17, 15) is 0 Å². The zero-order valence-corrected chi connectivity index (χ0v) is 9.20. The third-order valence-corrected chi connectivity index (χ3v) is 1.95. The van der Waals surface area contributed by atoms with Crippen molar-refractivity contribution in [2.45, 2.75) is 19.8 Å². The van der Waals surface area contributed by atoms with Crippen molar-refractivity contribution in [2.75, 3.05) is 30.8 Å². The van der Waals surface area contributed by atoms with Crippen molar-refractivity contribution in [3.8, 4) is 0 Å². The molecule has 1 aromatic rings.